The van der Waals surface area contributed by atoms with Gasteiger partial charge in [-0.05, 0) is 35.6 Å². The third kappa shape index (κ3) is 2.53. The molecule has 0 bridgehead atoms. The molecule has 1 heterocycles. The highest BCUT2D eigenvalue weighted by Gasteiger charge is 2.67. The molecular formula is C22H25NO2. The molecule has 1 aliphatic carbocycles. The number of carboxylic acid groups (broad SMARTS) is 1. The highest BCUT2D eigenvalue weighted by Crippen LogP contribution is 2.70. The number of carbonyl (C=O) groups is 1. The summed E-state index contributed by atoms with van der Waals surface area (Å²) in [4.78, 5) is 14.3. The molecule has 0 unspecified atom stereocenters. The first-order valence-corrected chi connectivity index (χ1v) is 8.96. The Morgan fingerprint density at radius 2 is 1.44 bits per heavy atom. The zero-order chi connectivity index (χ0) is 17.8. The molecule has 1 saturated carbocycles. The van der Waals surface area contributed by atoms with Crippen LogP contribution in [0.2, 0.25) is 0 Å². The Hall–Kier alpha value is -2.29. The van der Waals surface area contributed by atoms with Crippen LogP contribution in [0.4, 0.5) is 5.69 Å². The van der Waals surface area contributed by atoms with Crippen molar-refractivity contribution in [1.82, 2.24) is 0 Å². The Balaban J connectivity index is 1.59. The Morgan fingerprint density at radius 1 is 0.920 bits per heavy atom. The van der Waals surface area contributed by atoms with Crippen molar-refractivity contribution in [1.29, 1.82) is 0 Å². The van der Waals surface area contributed by atoms with Gasteiger partial charge in [0.1, 0.15) is 0 Å². The summed E-state index contributed by atoms with van der Waals surface area (Å²) in [7, 11) is 0. The van der Waals surface area contributed by atoms with Crippen LogP contribution >= 0.6 is 0 Å². The molecule has 1 N–H and O–H groups in total. The topological polar surface area (TPSA) is 40.5 Å². The highest BCUT2D eigenvalue weighted by atomic mass is 16.4. The minimum Gasteiger partial charge on any atom is -0.481 e. The van der Waals surface area contributed by atoms with Crippen molar-refractivity contribution in [3.63, 3.8) is 0 Å². The van der Waals surface area contributed by atoms with Crippen molar-refractivity contribution in [3.8, 4) is 0 Å². The van der Waals surface area contributed by atoms with Gasteiger partial charge in [-0.3, -0.25) is 4.79 Å². The van der Waals surface area contributed by atoms with Crippen molar-refractivity contribution >= 4 is 11.7 Å². The molecule has 0 amide bonds. The highest BCUT2D eigenvalue weighted by molar-refractivity contribution is 5.83. The lowest BCUT2D eigenvalue weighted by Gasteiger charge is -2.47. The van der Waals surface area contributed by atoms with Gasteiger partial charge in [0.25, 0.3) is 0 Å². The summed E-state index contributed by atoms with van der Waals surface area (Å²) < 4.78 is 0. The van der Waals surface area contributed by atoms with Gasteiger partial charge in [0, 0.05) is 30.6 Å². The third-order valence-electron chi connectivity index (χ3n) is 5.99. The number of aliphatic carboxylic acids is 1. The predicted molar refractivity (Wildman–Crippen MR) is 100 cm³/mol. The van der Waals surface area contributed by atoms with Gasteiger partial charge in [-0.15, -0.1) is 0 Å². The lowest BCUT2D eigenvalue weighted by atomic mass is 9.84. The van der Waals surface area contributed by atoms with Crippen LogP contribution < -0.4 is 4.90 Å². The second-order valence-corrected chi connectivity index (χ2v) is 8.57. The van der Waals surface area contributed by atoms with Gasteiger partial charge in [0.05, 0.1) is 5.41 Å². The second-order valence-electron chi connectivity index (χ2n) is 8.57. The van der Waals surface area contributed by atoms with E-state index in [1.165, 1.54) is 5.69 Å². The first-order valence-electron chi connectivity index (χ1n) is 8.96. The third-order valence-corrected chi connectivity index (χ3v) is 5.99. The molecule has 130 valence electrons. The zero-order valence-corrected chi connectivity index (χ0v) is 15.1. The van der Waals surface area contributed by atoms with Crippen molar-refractivity contribution in [3.05, 3.63) is 65.7 Å². The summed E-state index contributed by atoms with van der Waals surface area (Å²) in [6.07, 6.45) is 0. The molecule has 2 aromatic carbocycles. The van der Waals surface area contributed by atoms with Crippen molar-refractivity contribution in [2.75, 3.05) is 18.0 Å². The van der Waals surface area contributed by atoms with E-state index >= 15 is 0 Å². The number of rotatable bonds is 4. The van der Waals surface area contributed by atoms with Gasteiger partial charge in [-0.25, -0.2) is 0 Å². The quantitative estimate of drug-likeness (QED) is 0.894. The lowest BCUT2D eigenvalue weighted by molar-refractivity contribution is -0.143. The summed E-state index contributed by atoms with van der Waals surface area (Å²) in [6.45, 7) is 8.60. The smallest absolute Gasteiger partial charge is 0.310 e. The van der Waals surface area contributed by atoms with Gasteiger partial charge in [0.15, 0.2) is 0 Å². The predicted octanol–water partition coefficient (Wildman–Crippen LogP) is 4.50. The van der Waals surface area contributed by atoms with E-state index in [-0.39, 0.29) is 11.8 Å². The summed E-state index contributed by atoms with van der Waals surface area (Å²) in [5, 5.41) is 9.82. The fourth-order valence-corrected chi connectivity index (χ4v) is 4.58. The molecule has 3 heteroatoms. The normalized spacial score (nSPS) is 29.8. The maximum absolute atomic E-state index is 11.9. The van der Waals surface area contributed by atoms with Crippen LogP contribution in [0.3, 0.4) is 0 Å². The minimum atomic E-state index is -0.721. The van der Waals surface area contributed by atoms with E-state index in [9.17, 15) is 9.90 Å². The Labute approximate surface area is 149 Å². The molecule has 0 spiro atoms. The Kier molecular flexibility index (Phi) is 3.47. The summed E-state index contributed by atoms with van der Waals surface area (Å²) in [5.74, 6) is -0.630. The van der Waals surface area contributed by atoms with E-state index in [4.69, 9.17) is 0 Å². The summed E-state index contributed by atoms with van der Waals surface area (Å²) in [5.41, 5.74) is 3.15. The van der Waals surface area contributed by atoms with Gasteiger partial charge in [-0.1, -0.05) is 56.3 Å². The number of benzene rings is 2. The van der Waals surface area contributed by atoms with E-state index < -0.39 is 11.4 Å². The van der Waals surface area contributed by atoms with E-state index in [1.54, 1.807) is 0 Å². The Bertz CT molecular complexity index is 789. The van der Waals surface area contributed by atoms with Crippen LogP contribution in [0.5, 0.6) is 0 Å². The molecule has 2 aromatic rings. The Morgan fingerprint density at radius 3 is 1.92 bits per heavy atom. The van der Waals surface area contributed by atoms with Gasteiger partial charge in [-0.2, -0.15) is 0 Å². The van der Waals surface area contributed by atoms with Crippen LogP contribution in [0, 0.1) is 10.8 Å². The van der Waals surface area contributed by atoms with Crippen LogP contribution in [0.1, 0.15) is 43.7 Å². The molecule has 2 aliphatic rings. The molecule has 2 fully saturated rings. The largest absolute Gasteiger partial charge is 0.481 e. The number of anilines is 1. The van der Waals surface area contributed by atoms with Gasteiger partial charge >= 0.3 is 5.97 Å². The molecule has 1 aliphatic heterocycles. The number of nitrogens with zero attached hydrogens (tertiary/aromatic N) is 1. The number of hydrogen-bond acceptors (Lipinski definition) is 2. The number of carboxylic acids is 1. The van der Waals surface area contributed by atoms with Gasteiger partial charge in [0.2, 0.25) is 0 Å². The van der Waals surface area contributed by atoms with Crippen molar-refractivity contribution in [2.45, 2.75) is 32.6 Å². The number of hydrogen-bond donors (Lipinski definition) is 1. The lowest BCUT2D eigenvalue weighted by Crippen LogP contribution is -2.53. The molecule has 25 heavy (non-hydrogen) atoms. The molecule has 3 atom stereocenters. The molecule has 0 radical (unpaired) electrons. The van der Waals surface area contributed by atoms with Crippen LogP contribution in [0.25, 0.3) is 0 Å². The van der Waals surface area contributed by atoms with E-state index in [1.807, 2.05) is 37.3 Å². The monoisotopic (exact) mass is 335 g/mol. The maximum atomic E-state index is 11.9. The maximum Gasteiger partial charge on any atom is 0.310 e. The molecule has 0 aromatic heterocycles. The molecule has 4 rings (SSSR count). The van der Waals surface area contributed by atoms with Gasteiger partial charge < -0.3 is 10.0 Å². The van der Waals surface area contributed by atoms with Crippen molar-refractivity contribution in [2.24, 2.45) is 10.8 Å². The average Bonchev–Trinajstić information content (AvgIpc) is 3.21. The standard InChI is InChI=1S/C22H25NO2/c1-21(2)13-23(14-21)17-11-9-16(10-12-17)19-18(22(19,3)20(24)25)15-7-5-4-6-8-15/h4-12,18-19H,13-14H2,1-3H3,(H,24,25)/t18-,19-,22+/m0/s1. The first kappa shape index (κ1) is 16.2. The fraction of sp³-hybridized carbons (Fsp3) is 0.409. The minimum absolute atomic E-state index is 0.0364. The SMILES string of the molecule is CC1(C)CN(c2ccc([C@H]3[C@H](c4ccccc4)[C@@]3(C)C(=O)O)cc2)C1. The van der Waals surface area contributed by atoms with Crippen LogP contribution in [-0.2, 0) is 4.79 Å². The summed E-state index contributed by atoms with van der Waals surface area (Å²) in [6, 6.07) is 18.6. The zero-order valence-electron chi connectivity index (χ0n) is 15.1. The van der Waals surface area contributed by atoms with E-state index in [0.29, 0.717) is 5.41 Å². The first-order chi connectivity index (χ1) is 11.8. The molecule has 1 saturated heterocycles. The van der Waals surface area contributed by atoms with Crippen molar-refractivity contribution < 1.29 is 9.90 Å². The molecule has 3 nitrogen and oxygen atoms in total. The summed E-state index contributed by atoms with van der Waals surface area (Å²) >= 11 is 0. The van der Waals surface area contributed by atoms with Crippen LogP contribution in [0.15, 0.2) is 54.6 Å². The fourth-order valence-electron chi connectivity index (χ4n) is 4.58. The van der Waals surface area contributed by atoms with Crippen LogP contribution in [-0.4, -0.2) is 24.2 Å². The van der Waals surface area contributed by atoms with E-state index in [0.717, 1.165) is 24.2 Å². The molecular weight excluding hydrogens is 310 g/mol. The van der Waals surface area contributed by atoms with E-state index in [2.05, 4.69) is 43.0 Å². The second kappa shape index (κ2) is 5.35. The average molecular weight is 335 g/mol.